The Balaban J connectivity index is 1.87. The molecule has 5 heteroatoms. The molecule has 5 nitrogen and oxygen atoms in total. The third kappa shape index (κ3) is 3.30. The number of H-pyrrole nitrogens is 1. The van der Waals surface area contributed by atoms with Crippen LogP contribution < -0.4 is 14.6 Å². The minimum absolute atomic E-state index is 0.0426. The minimum Gasteiger partial charge on any atom is -0.497 e. The largest absolute Gasteiger partial charge is 0.497 e. The molecule has 1 fully saturated rings. The number of piperidine rings is 1. The van der Waals surface area contributed by atoms with Gasteiger partial charge in [-0.1, -0.05) is 0 Å². The number of ether oxygens (including phenoxy) is 2. The Hall–Kier alpha value is -2.30. The van der Waals surface area contributed by atoms with E-state index in [1.807, 2.05) is 25.1 Å². The molecular formula is C19H25N2O3+. The normalized spacial score (nSPS) is 17.8. The summed E-state index contributed by atoms with van der Waals surface area (Å²) in [5.41, 5.74) is 2.26. The highest BCUT2D eigenvalue weighted by molar-refractivity contribution is 5.82. The molecule has 1 N–H and O–H groups in total. The number of anilines is 1. The van der Waals surface area contributed by atoms with Crippen molar-refractivity contribution in [3.63, 3.8) is 0 Å². The molecular weight excluding hydrogens is 304 g/mol. The molecule has 2 aromatic rings. The van der Waals surface area contributed by atoms with E-state index in [4.69, 9.17) is 9.47 Å². The maximum absolute atomic E-state index is 12.1. The Morgan fingerprint density at radius 1 is 1.38 bits per heavy atom. The van der Waals surface area contributed by atoms with Crippen molar-refractivity contribution in [2.45, 2.75) is 26.7 Å². The lowest BCUT2D eigenvalue weighted by Gasteiger charge is -2.27. The van der Waals surface area contributed by atoms with Crippen LogP contribution in [-0.4, -0.2) is 32.8 Å². The molecule has 3 rings (SSSR count). The lowest BCUT2D eigenvalue weighted by atomic mass is 9.98. The summed E-state index contributed by atoms with van der Waals surface area (Å²) in [5, 5.41) is 1.15. The van der Waals surface area contributed by atoms with Gasteiger partial charge in [-0.25, -0.2) is 4.98 Å². The lowest BCUT2D eigenvalue weighted by molar-refractivity contribution is -0.331. The number of fused-ring (bicyclic) bond motifs is 1. The van der Waals surface area contributed by atoms with Gasteiger partial charge < -0.3 is 9.47 Å². The fourth-order valence-electron chi connectivity index (χ4n) is 3.36. The van der Waals surface area contributed by atoms with Crippen molar-refractivity contribution in [1.82, 2.24) is 0 Å². The zero-order chi connectivity index (χ0) is 17.1. The van der Waals surface area contributed by atoms with Crippen LogP contribution in [0.15, 0.2) is 24.3 Å². The molecule has 24 heavy (non-hydrogen) atoms. The monoisotopic (exact) mass is 329 g/mol. The number of pyridine rings is 1. The van der Waals surface area contributed by atoms with E-state index in [1.165, 1.54) is 5.56 Å². The van der Waals surface area contributed by atoms with Gasteiger partial charge in [-0.2, -0.15) is 0 Å². The number of carbonyl (C=O) groups excluding carboxylic acids is 1. The molecule has 2 heterocycles. The second-order valence-electron chi connectivity index (χ2n) is 6.29. The van der Waals surface area contributed by atoms with Gasteiger partial charge >= 0.3 is 5.97 Å². The number of hydrogen-bond donors (Lipinski definition) is 0. The number of hydrogen-bond acceptors (Lipinski definition) is 4. The van der Waals surface area contributed by atoms with Crippen LogP contribution in [0.1, 0.15) is 25.3 Å². The van der Waals surface area contributed by atoms with Crippen molar-refractivity contribution in [3.8, 4) is 5.75 Å². The number of carbonyl (C=O) groups is 1. The summed E-state index contributed by atoms with van der Waals surface area (Å²) < 4.78 is 10.5. The number of nitrogens with one attached hydrogen (secondary N) is 1. The standard InChI is InChI=1S/C19H24N2O3/c1-4-24-19(22)14-6-5-9-21(12-14)18-10-13(2)16-11-15(23-3)7-8-17(16)20-18/h7-8,10-11,14H,4-6,9,12H2,1-3H3/p+1/t14-/m1/s1. The van der Waals surface area contributed by atoms with Crippen molar-refractivity contribution < 1.29 is 19.3 Å². The first-order valence-electron chi connectivity index (χ1n) is 8.54. The summed E-state index contributed by atoms with van der Waals surface area (Å²) in [6, 6.07) is 8.19. The molecule has 128 valence electrons. The summed E-state index contributed by atoms with van der Waals surface area (Å²) in [7, 11) is 1.68. The number of benzene rings is 1. The molecule has 1 aliphatic heterocycles. The molecule has 1 atom stereocenters. The van der Waals surface area contributed by atoms with E-state index in [2.05, 4.69) is 22.9 Å². The fraction of sp³-hybridized carbons (Fsp3) is 0.474. The predicted molar refractivity (Wildman–Crippen MR) is 93.4 cm³/mol. The van der Waals surface area contributed by atoms with E-state index in [9.17, 15) is 4.79 Å². The van der Waals surface area contributed by atoms with Crippen molar-refractivity contribution in [3.05, 3.63) is 29.8 Å². The molecule has 0 amide bonds. The Labute approximate surface area is 142 Å². The lowest BCUT2D eigenvalue weighted by Crippen LogP contribution is -2.41. The van der Waals surface area contributed by atoms with E-state index in [0.717, 1.165) is 41.9 Å². The van der Waals surface area contributed by atoms with Gasteiger partial charge in [0.05, 0.1) is 32.7 Å². The highest BCUT2D eigenvalue weighted by Crippen LogP contribution is 2.26. The van der Waals surface area contributed by atoms with Crippen LogP contribution in [0.2, 0.25) is 0 Å². The highest BCUT2D eigenvalue weighted by Gasteiger charge is 2.32. The van der Waals surface area contributed by atoms with E-state index < -0.39 is 0 Å². The number of aryl methyl sites for hydroxylation is 1. The summed E-state index contributed by atoms with van der Waals surface area (Å²) in [4.78, 5) is 17.8. The first kappa shape index (κ1) is 16.6. The molecule has 1 aromatic heterocycles. The van der Waals surface area contributed by atoms with Gasteiger partial charge in [-0.3, -0.25) is 9.69 Å². The van der Waals surface area contributed by atoms with Gasteiger partial charge in [0.2, 0.25) is 0 Å². The number of rotatable bonds is 4. The minimum atomic E-state index is -0.0792. The first-order chi connectivity index (χ1) is 11.6. The summed E-state index contributed by atoms with van der Waals surface area (Å²) in [6.45, 7) is 6.06. The smallest absolute Gasteiger partial charge is 0.312 e. The average molecular weight is 329 g/mol. The van der Waals surface area contributed by atoms with Gasteiger partial charge in [0.15, 0.2) is 0 Å². The number of aromatic amines is 1. The van der Waals surface area contributed by atoms with Crippen molar-refractivity contribution in [1.29, 1.82) is 0 Å². The highest BCUT2D eigenvalue weighted by atomic mass is 16.5. The quantitative estimate of drug-likeness (QED) is 0.810. The number of methoxy groups -OCH3 is 1. The van der Waals surface area contributed by atoms with Crippen LogP contribution in [0.4, 0.5) is 5.82 Å². The van der Waals surface area contributed by atoms with Crippen LogP contribution >= 0.6 is 0 Å². The summed E-state index contributed by atoms with van der Waals surface area (Å²) in [6.07, 6.45) is 1.90. The molecule has 1 saturated heterocycles. The number of esters is 1. The molecule has 0 aliphatic carbocycles. The Bertz CT molecular complexity index is 745. The maximum Gasteiger partial charge on any atom is 0.312 e. The topological polar surface area (TPSA) is 52.9 Å². The third-order valence-corrected chi connectivity index (χ3v) is 4.65. The molecule has 0 spiro atoms. The van der Waals surface area contributed by atoms with Crippen LogP contribution in [-0.2, 0) is 9.53 Å². The Kier molecular flexibility index (Phi) is 4.88. The van der Waals surface area contributed by atoms with Gasteiger partial charge in [-0.05, 0) is 50.5 Å². The van der Waals surface area contributed by atoms with Gasteiger partial charge in [-0.15, -0.1) is 0 Å². The maximum atomic E-state index is 12.1. The molecule has 1 aromatic carbocycles. The molecule has 1 aliphatic rings. The second kappa shape index (κ2) is 7.07. The zero-order valence-corrected chi connectivity index (χ0v) is 14.6. The van der Waals surface area contributed by atoms with Crippen LogP contribution in [0.5, 0.6) is 5.75 Å². The fourth-order valence-corrected chi connectivity index (χ4v) is 3.36. The van der Waals surface area contributed by atoms with Crippen molar-refractivity contribution in [2.75, 3.05) is 31.7 Å². The SMILES string of the molecule is CCOC(=O)[C@@H]1CCCN(c2cc(C)c3cc(OC)ccc3[nH+]2)C1. The van der Waals surface area contributed by atoms with Crippen LogP contribution in [0.3, 0.4) is 0 Å². The van der Waals surface area contributed by atoms with Gasteiger partial charge in [0.1, 0.15) is 11.3 Å². The van der Waals surface area contributed by atoms with E-state index in [-0.39, 0.29) is 11.9 Å². The van der Waals surface area contributed by atoms with E-state index in [1.54, 1.807) is 7.11 Å². The first-order valence-corrected chi connectivity index (χ1v) is 8.54. The van der Waals surface area contributed by atoms with E-state index >= 15 is 0 Å². The Morgan fingerprint density at radius 2 is 2.21 bits per heavy atom. The van der Waals surface area contributed by atoms with Crippen LogP contribution in [0.25, 0.3) is 10.9 Å². The number of nitrogens with zero attached hydrogens (tertiary/aromatic N) is 1. The van der Waals surface area contributed by atoms with Crippen molar-refractivity contribution >= 4 is 22.7 Å². The number of aromatic nitrogens is 1. The third-order valence-electron chi connectivity index (χ3n) is 4.65. The van der Waals surface area contributed by atoms with Gasteiger partial charge in [0, 0.05) is 11.5 Å². The summed E-state index contributed by atoms with van der Waals surface area (Å²) >= 11 is 0. The second-order valence-corrected chi connectivity index (χ2v) is 6.29. The predicted octanol–water partition coefficient (Wildman–Crippen LogP) is 2.75. The molecule has 0 saturated carbocycles. The summed E-state index contributed by atoms with van der Waals surface area (Å²) in [5.74, 6) is 1.79. The molecule has 0 unspecified atom stereocenters. The van der Waals surface area contributed by atoms with Crippen molar-refractivity contribution in [2.24, 2.45) is 5.92 Å². The van der Waals surface area contributed by atoms with Gasteiger partial charge in [0.25, 0.3) is 5.82 Å². The molecule has 0 radical (unpaired) electrons. The molecule has 0 bridgehead atoms. The van der Waals surface area contributed by atoms with E-state index in [0.29, 0.717) is 13.2 Å². The average Bonchev–Trinajstić information content (AvgIpc) is 2.61. The van der Waals surface area contributed by atoms with Crippen LogP contribution in [0, 0.1) is 12.8 Å². The Morgan fingerprint density at radius 3 is 2.96 bits per heavy atom. The zero-order valence-electron chi connectivity index (χ0n) is 14.6.